The van der Waals surface area contributed by atoms with E-state index in [1.165, 1.54) is 12.1 Å². The van der Waals surface area contributed by atoms with Gasteiger partial charge in [0.15, 0.2) is 0 Å². The molecule has 1 aromatic carbocycles. The van der Waals surface area contributed by atoms with Gasteiger partial charge in [-0.3, -0.25) is 0 Å². The quantitative estimate of drug-likeness (QED) is 0.834. The molecule has 19 heavy (non-hydrogen) atoms. The maximum absolute atomic E-state index is 12.6. The molecule has 0 bridgehead atoms. The Hall–Kier alpha value is -1.98. The van der Waals surface area contributed by atoms with Crippen LogP contribution in [-0.2, 0) is 11.0 Å². The Morgan fingerprint density at radius 3 is 2.63 bits per heavy atom. The van der Waals surface area contributed by atoms with Gasteiger partial charge in [-0.15, -0.1) is 0 Å². The van der Waals surface area contributed by atoms with Crippen molar-refractivity contribution in [2.24, 2.45) is 0 Å². The van der Waals surface area contributed by atoms with Gasteiger partial charge in [0.2, 0.25) is 0 Å². The van der Waals surface area contributed by atoms with E-state index in [2.05, 4.69) is 0 Å². The van der Waals surface area contributed by atoms with Gasteiger partial charge in [0.05, 0.1) is 12.2 Å². The third kappa shape index (κ3) is 4.65. The van der Waals surface area contributed by atoms with Crippen LogP contribution in [0.1, 0.15) is 24.5 Å². The maximum Gasteiger partial charge on any atom is 0.416 e. The maximum atomic E-state index is 12.6. The van der Waals surface area contributed by atoms with Gasteiger partial charge in [0.1, 0.15) is 5.75 Å². The van der Waals surface area contributed by atoms with E-state index in [4.69, 9.17) is 9.84 Å². The summed E-state index contributed by atoms with van der Waals surface area (Å²) in [5.74, 6) is -1.16. The Labute approximate surface area is 108 Å². The molecular weight excluding hydrogens is 261 g/mol. The first-order valence-electron chi connectivity index (χ1n) is 5.59. The van der Waals surface area contributed by atoms with Crippen molar-refractivity contribution in [2.45, 2.75) is 19.5 Å². The highest BCUT2D eigenvalue weighted by molar-refractivity contribution is 5.85. The lowest BCUT2D eigenvalue weighted by molar-refractivity contribution is -0.137. The van der Waals surface area contributed by atoms with E-state index in [9.17, 15) is 18.0 Å². The number of carboxylic acids is 1. The fourth-order valence-corrected chi connectivity index (χ4v) is 1.35. The first-order chi connectivity index (χ1) is 8.84. The minimum absolute atomic E-state index is 0.0224. The van der Waals surface area contributed by atoms with Gasteiger partial charge in [-0.2, -0.15) is 13.2 Å². The van der Waals surface area contributed by atoms with Crippen molar-refractivity contribution in [2.75, 3.05) is 6.61 Å². The summed E-state index contributed by atoms with van der Waals surface area (Å²) in [6, 6.07) is 2.95. The van der Waals surface area contributed by atoms with E-state index in [1.54, 1.807) is 0 Å². The molecule has 0 saturated heterocycles. The van der Waals surface area contributed by atoms with Crippen LogP contribution in [0.3, 0.4) is 0 Å². The number of hydrogen-bond acceptors (Lipinski definition) is 2. The predicted molar refractivity (Wildman–Crippen MR) is 63.9 cm³/mol. The van der Waals surface area contributed by atoms with E-state index >= 15 is 0 Å². The van der Waals surface area contributed by atoms with Crippen molar-refractivity contribution in [3.05, 3.63) is 35.4 Å². The highest BCUT2D eigenvalue weighted by Crippen LogP contribution is 2.33. The van der Waals surface area contributed by atoms with Gasteiger partial charge in [-0.1, -0.05) is 13.0 Å². The lowest BCUT2D eigenvalue weighted by Gasteiger charge is -2.12. The number of carboxylic acid groups (broad SMARTS) is 1. The van der Waals surface area contributed by atoms with Crippen LogP contribution in [0, 0.1) is 0 Å². The predicted octanol–water partition coefficient (Wildman–Crippen LogP) is 3.59. The molecule has 0 spiro atoms. The second-order valence-electron chi connectivity index (χ2n) is 3.77. The molecule has 0 radical (unpaired) electrons. The zero-order valence-corrected chi connectivity index (χ0v) is 10.2. The lowest BCUT2D eigenvalue weighted by atomic mass is 10.1. The van der Waals surface area contributed by atoms with Crippen LogP contribution in [0.5, 0.6) is 5.75 Å². The number of carbonyl (C=O) groups is 1. The average Bonchev–Trinajstić information content (AvgIpc) is 2.32. The van der Waals surface area contributed by atoms with Gasteiger partial charge in [0.25, 0.3) is 0 Å². The monoisotopic (exact) mass is 274 g/mol. The molecule has 1 N–H and O–H groups in total. The Bertz CT molecular complexity index is 479. The van der Waals surface area contributed by atoms with Gasteiger partial charge < -0.3 is 9.84 Å². The molecular formula is C13H13F3O3. The molecule has 0 heterocycles. The lowest BCUT2D eigenvalue weighted by Crippen LogP contribution is -2.06. The molecule has 0 saturated carbocycles. The summed E-state index contributed by atoms with van der Waals surface area (Å²) in [6.45, 7) is 2.08. The van der Waals surface area contributed by atoms with Crippen molar-refractivity contribution >= 4 is 12.0 Å². The number of rotatable bonds is 5. The fourth-order valence-electron chi connectivity index (χ4n) is 1.35. The number of ether oxygens (including phenoxy) is 1. The van der Waals surface area contributed by atoms with Crippen molar-refractivity contribution < 1.29 is 27.8 Å². The molecule has 0 aliphatic heterocycles. The first-order valence-corrected chi connectivity index (χ1v) is 5.59. The molecule has 6 heteroatoms. The summed E-state index contributed by atoms with van der Waals surface area (Å²) in [7, 11) is 0. The molecule has 0 amide bonds. The van der Waals surface area contributed by atoms with Crippen molar-refractivity contribution in [1.82, 2.24) is 0 Å². The second-order valence-corrected chi connectivity index (χ2v) is 3.77. The normalized spacial score (nSPS) is 11.8. The van der Waals surface area contributed by atoms with Crippen LogP contribution >= 0.6 is 0 Å². The molecule has 0 atom stereocenters. The average molecular weight is 274 g/mol. The fraction of sp³-hybridized carbons (Fsp3) is 0.308. The van der Waals surface area contributed by atoms with E-state index < -0.39 is 17.7 Å². The van der Waals surface area contributed by atoms with E-state index in [1.807, 2.05) is 6.92 Å². The summed E-state index contributed by atoms with van der Waals surface area (Å²) < 4.78 is 42.9. The zero-order valence-electron chi connectivity index (χ0n) is 10.2. The summed E-state index contributed by atoms with van der Waals surface area (Å²) in [4.78, 5) is 10.4. The van der Waals surface area contributed by atoms with Crippen molar-refractivity contribution in [3.8, 4) is 5.75 Å². The number of alkyl halides is 3. The van der Waals surface area contributed by atoms with Gasteiger partial charge >= 0.3 is 12.1 Å². The summed E-state index contributed by atoms with van der Waals surface area (Å²) in [5.41, 5.74) is -0.532. The van der Waals surface area contributed by atoms with Gasteiger partial charge in [0, 0.05) is 11.6 Å². The number of hydrogen-bond donors (Lipinski definition) is 1. The van der Waals surface area contributed by atoms with Crippen LogP contribution in [0.2, 0.25) is 0 Å². The Morgan fingerprint density at radius 1 is 1.42 bits per heavy atom. The molecule has 0 aromatic heterocycles. The van der Waals surface area contributed by atoms with Crippen molar-refractivity contribution in [3.63, 3.8) is 0 Å². The third-order valence-electron chi connectivity index (χ3n) is 2.21. The number of halogens is 3. The minimum Gasteiger partial charge on any atom is -0.493 e. The van der Waals surface area contributed by atoms with Crippen LogP contribution in [0.4, 0.5) is 13.2 Å². The summed E-state index contributed by atoms with van der Waals surface area (Å²) >= 11 is 0. The van der Waals surface area contributed by atoms with Crippen molar-refractivity contribution in [1.29, 1.82) is 0 Å². The van der Waals surface area contributed by atoms with Crippen LogP contribution < -0.4 is 4.74 Å². The van der Waals surface area contributed by atoms with E-state index in [-0.39, 0.29) is 12.4 Å². The van der Waals surface area contributed by atoms with E-state index in [0.717, 1.165) is 18.2 Å². The van der Waals surface area contributed by atoms with Gasteiger partial charge in [-0.25, -0.2) is 4.79 Å². The van der Waals surface area contributed by atoms with Crippen LogP contribution in [-0.4, -0.2) is 17.7 Å². The Morgan fingerprint density at radius 2 is 2.11 bits per heavy atom. The molecule has 0 aliphatic carbocycles. The summed E-state index contributed by atoms with van der Waals surface area (Å²) in [5, 5.41) is 8.52. The smallest absolute Gasteiger partial charge is 0.416 e. The molecule has 3 nitrogen and oxygen atoms in total. The number of benzene rings is 1. The molecule has 1 rings (SSSR count). The molecule has 0 unspecified atom stereocenters. The topological polar surface area (TPSA) is 46.5 Å². The molecule has 0 aliphatic rings. The first kappa shape index (κ1) is 15.1. The Balaban J connectivity index is 3.12. The largest absolute Gasteiger partial charge is 0.493 e. The highest BCUT2D eigenvalue weighted by Gasteiger charge is 2.31. The highest BCUT2D eigenvalue weighted by atomic mass is 19.4. The standard InChI is InChI=1S/C13H13F3O3/c1-2-7-19-11-8-10(13(14,15)16)5-3-9(11)4-6-12(17)18/h3-6,8H,2,7H2,1H3,(H,17,18)/b6-4+. The second kappa shape index (κ2) is 6.26. The number of aliphatic carboxylic acids is 1. The molecule has 1 aromatic rings. The zero-order chi connectivity index (χ0) is 14.5. The minimum atomic E-state index is -4.46. The van der Waals surface area contributed by atoms with Gasteiger partial charge in [-0.05, 0) is 24.6 Å². The third-order valence-corrected chi connectivity index (χ3v) is 2.21. The molecule has 0 fully saturated rings. The van der Waals surface area contributed by atoms with Crippen LogP contribution in [0.25, 0.3) is 6.08 Å². The Kier molecular flexibility index (Phi) is 4.97. The summed E-state index contributed by atoms with van der Waals surface area (Å²) in [6.07, 6.45) is -1.77. The SMILES string of the molecule is CCCOc1cc(C(F)(F)F)ccc1/C=C/C(=O)O. The van der Waals surface area contributed by atoms with E-state index in [0.29, 0.717) is 12.0 Å². The molecule has 104 valence electrons. The van der Waals surface area contributed by atoms with Crippen LogP contribution in [0.15, 0.2) is 24.3 Å².